The summed E-state index contributed by atoms with van der Waals surface area (Å²) in [7, 11) is 0. The first-order valence-electron chi connectivity index (χ1n) is 5.23. The zero-order chi connectivity index (χ0) is 11.9. The molecule has 0 spiro atoms. The Morgan fingerprint density at radius 1 is 1.31 bits per heavy atom. The van der Waals surface area contributed by atoms with E-state index in [2.05, 4.69) is 0 Å². The van der Waals surface area contributed by atoms with E-state index in [0.717, 1.165) is 5.56 Å². The zero-order valence-corrected chi connectivity index (χ0v) is 9.36. The van der Waals surface area contributed by atoms with Gasteiger partial charge in [0.05, 0.1) is 5.69 Å². The Morgan fingerprint density at radius 2 is 2.00 bits per heavy atom. The lowest BCUT2D eigenvalue weighted by molar-refractivity contribution is -0.122. The highest BCUT2D eigenvalue weighted by Gasteiger charge is 2.36. The van der Waals surface area contributed by atoms with Crippen LogP contribution >= 0.6 is 0 Å². The van der Waals surface area contributed by atoms with Crippen molar-refractivity contribution in [2.45, 2.75) is 20.3 Å². The van der Waals surface area contributed by atoms with E-state index in [1.165, 1.54) is 4.90 Å². The number of rotatable bonds is 1. The summed E-state index contributed by atoms with van der Waals surface area (Å²) >= 11 is 0. The van der Waals surface area contributed by atoms with Gasteiger partial charge in [-0.3, -0.25) is 14.5 Å². The predicted octanol–water partition coefficient (Wildman–Crippen LogP) is 1.48. The number of anilines is 2. The monoisotopic (exact) mass is 218 g/mol. The molecule has 84 valence electrons. The summed E-state index contributed by atoms with van der Waals surface area (Å²) in [5, 5.41) is 0. The molecule has 2 amide bonds. The van der Waals surface area contributed by atoms with Gasteiger partial charge in [0.1, 0.15) is 0 Å². The second-order valence-corrected chi connectivity index (χ2v) is 4.27. The van der Waals surface area contributed by atoms with Crippen LogP contribution in [0.25, 0.3) is 0 Å². The van der Waals surface area contributed by atoms with Gasteiger partial charge in [0.2, 0.25) is 11.8 Å². The van der Waals surface area contributed by atoms with E-state index in [1.807, 2.05) is 6.92 Å². The van der Waals surface area contributed by atoms with Crippen molar-refractivity contribution >= 4 is 23.2 Å². The van der Waals surface area contributed by atoms with E-state index < -0.39 is 0 Å². The second-order valence-electron chi connectivity index (χ2n) is 4.27. The van der Waals surface area contributed by atoms with Crippen LogP contribution < -0.4 is 10.6 Å². The lowest BCUT2D eigenvalue weighted by Crippen LogP contribution is -2.30. The van der Waals surface area contributed by atoms with Gasteiger partial charge in [0.15, 0.2) is 0 Å². The van der Waals surface area contributed by atoms with E-state index in [1.54, 1.807) is 25.1 Å². The molecule has 1 heterocycles. The molecule has 0 aromatic heterocycles. The SMILES string of the molecule is Cc1cc(N)cc(N2C(=O)CC(C)C2=O)c1. The molecule has 0 aliphatic carbocycles. The van der Waals surface area contributed by atoms with Gasteiger partial charge >= 0.3 is 0 Å². The van der Waals surface area contributed by atoms with E-state index in [0.29, 0.717) is 11.4 Å². The van der Waals surface area contributed by atoms with Crippen molar-refractivity contribution < 1.29 is 9.59 Å². The highest BCUT2D eigenvalue weighted by molar-refractivity contribution is 6.20. The molecular formula is C12H14N2O2. The summed E-state index contributed by atoms with van der Waals surface area (Å²) < 4.78 is 0. The molecule has 4 nitrogen and oxygen atoms in total. The summed E-state index contributed by atoms with van der Waals surface area (Å²) in [6.45, 7) is 3.65. The van der Waals surface area contributed by atoms with E-state index in [9.17, 15) is 9.59 Å². The first-order valence-corrected chi connectivity index (χ1v) is 5.23. The van der Waals surface area contributed by atoms with E-state index in [4.69, 9.17) is 5.73 Å². The van der Waals surface area contributed by atoms with Gasteiger partial charge in [-0.1, -0.05) is 6.92 Å². The van der Waals surface area contributed by atoms with Gasteiger partial charge in [-0.2, -0.15) is 0 Å². The molecule has 4 heteroatoms. The molecule has 1 aliphatic rings. The molecule has 1 fully saturated rings. The first kappa shape index (κ1) is 10.7. The molecule has 1 aromatic carbocycles. The van der Waals surface area contributed by atoms with Crippen molar-refractivity contribution in [3.8, 4) is 0 Å². The Kier molecular flexibility index (Phi) is 2.42. The summed E-state index contributed by atoms with van der Waals surface area (Å²) in [5.74, 6) is -0.522. The number of benzene rings is 1. The van der Waals surface area contributed by atoms with Crippen LogP contribution in [0.5, 0.6) is 0 Å². The average Bonchev–Trinajstić information content (AvgIpc) is 2.39. The Labute approximate surface area is 94.0 Å². The highest BCUT2D eigenvalue weighted by atomic mass is 16.2. The number of amides is 2. The maximum atomic E-state index is 11.8. The Hall–Kier alpha value is -1.84. The molecule has 0 bridgehead atoms. The summed E-state index contributed by atoms with van der Waals surface area (Å²) in [6.07, 6.45) is 0.284. The number of imide groups is 1. The van der Waals surface area contributed by atoms with Gasteiger partial charge in [-0.05, 0) is 30.7 Å². The molecule has 1 unspecified atom stereocenters. The van der Waals surface area contributed by atoms with Crippen LogP contribution in [0.4, 0.5) is 11.4 Å². The number of hydrogen-bond donors (Lipinski definition) is 1. The third-order valence-corrected chi connectivity index (χ3v) is 2.71. The predicted molar refractivity (Wildman–Crippen MR) is 61.9 cm³/mol. The fourth-order valence-electron chi connectivity index (χ4n) is 1.98. The molecule has 1 atom stereocenters. The number of hydrogen-bond acceptors (Lipinski definition) is 3. The zero-order valence-electron chi connectivity index (χ0n) is 9.36. The van der Waals surface area contributed by atoms with Gasteiger partial charge in [0.25, 0.3) is 0 Å². The van der Waals surface area contributed by atoms with Crippen molar-refractivity contribution in [3.05, 3.63) is 23.8 Å². The maximum Gasteiger partial charge on any atom is 0.237 e. The smallest absolute Gasteiger partial charge is 0.237 e. The number of nitrogens with two attached hydrogens (primary N) is 1. The van der Waals surface area contributed by atoms with Gasteiger partial charge in [-0.15, -0.1) is 0 Å². The molecule has 2 rings (SSSR count). The summed E-state index contributed by atoms with van der Waals surface area (Å²) in [5.41, 5.74) is 7.79. The van der Waals surface area contributed by atoms with Gasteiger partial charge in [0, 0.05) is 18.0 Å². The standard InChI is InChI=1S/C12H14N2O2/c1-7-3-9(13)6-10(4-7)14-11(15)5-8(2)12(14)16/h3-4,6,8H,5,13H2,1-2H3. The lowest BCUT2D eigenvalue weighted by atomic mass is 10.1. The van der Waals surface area contributed by atoms with Crippen LogP contribution in [-0.4, -0.2) is 11.8 Å². The van der Waals surface area contributed by atoms with Crippen LogP contribution in [0.3, 0.4) is 0 Å². The number of carbonyl (C=O) groups is 2. The summed E-state index contributed by atoms with van der Waals surface area (Å²) in [6, 6.07) is 5.25. The minimum absolute atomic E-state index is 0.144. The maximum absolute atomic E-state index is 11.8. The first-order chi connectivity index (χ1) is 7.49. The van der Waals surface area contributed by atoms with Crippen molar-refractivity contribution in [3.63, 3.8) is 0 Å². The van der Waals surface area contributed by atoms with Gasteiger partial charge in [-0.25, -0.2) is 0 Å². The minimum Gasteiger partial charge on any atom is -0.399 e. The van der Waals surface area contributed by atoms with Crippen LogP contribution in [0.15, 0.2) is 18.2 Å². The molecular weight excluding hydrogens is 204 g/mol. The van der Waals surface area contributed by atoms with Crippen LogP contribution in [0.1, 0.15) is 18.9 Å². The summed E-state index contributed by atoms with van der Waals surface area (Å²) in [4.78, 5) is 24.7. The van der Waals surface area contributed by atoms with E-state index >= 15 is 0 Å². The minimum atomic E-state index is -0.228. The molecule has 0 saturated carbocycles. The molecule has 16 heavy (non-hydrogen) atoms. The molecule has 1 saturated heterocycles. The third-order valence-electron chi connectivity index (χ3n) is 2.71. The van der Waals surface area contributed by atoms with Crippen molar-refractivity contribution in [1.29, 1.82) is 0 Å². The number of carbonyl (C=O) groups excluding carboxylic acids is 2. The quantitative estimate of drug-likeness (QED) is 0.573. The average molecular weight is 218 g/mol. The van der Waals surface area contributed by atoms with Crippen molar-refractivity contribution in [1.82, 2.24) is 0 Å². The van der Waals surface area contributed by atoms with Crippen LogP contribution in [0.2, 0.25) is 0 Å². The number of aryl methyl sites for hydroxylation is 1. The molecule has 2 N–H and O–H groups in total. The Balaban J connectivity index is 2.44. The van der Waals surface area contributed by atoms with E-state index in [-0.39, 0.29) is 24.2 Å². The van der Waals surface area contributed by atoms with Crippen LogP contribution in [0, 0.1) is 12.8 Å². The largest absolute Gasteiger partial charge is 0.399 e. The van der Waals surface area contributed by atoms with Gasteiger partial charge < -0.3 is 5.73 Å². The number of nitrogen functional groups attached to an aromatic ring is 1. The van der Waals surface area contributed by atoms with Crippen LogP contribution in [-0.2, 0) is 9.59 Å². The molecule has 0 radical (unpaired) electrons. The molecule has 1 aliphatic heterocycles. The third kappa shape index (κ3) is 1.66. The Bertz CT molecular complexity index is 448. The highest BCUT2D eigenvalue weighted by Crippen LogP contribution is 2.28. The topological polar surface area (TPSA) is 63.4 Å². The molecule has 1 aromatic rings. The fourth-order valence-corrected chi connectivity index (χ4v) is 1.98. The van der Waals surface area contributed by atoms with Crippen molar-refractivity contribution in [2.75, 3.05) is 10.6 Å². The fraction of sp³-hybridized carbons (Fsp3) is 0.333. The second kappa shape index (κ2) is 3.63. The lowest BCUT2D eigenvalue weighted by Gasteiger charge is -2.15. The number of nitrogens with zero attached hydrogens (tertiary/aromatic N) is 1. The normalized spacial score (nSPS) is 20.6. The van der Waals surface area contributed by atoms with Crippen molar-refractivity contribution in [2.24, 2.45) is 5.92 Å². The Morgan fingerprint density at radius 3 is 2.50 bits per heavy atom.